The molecule has 3 amide bonds. The summed E-state index contributed by atoms with van der Waals surface area (Å²) in [7, 11) is 3.07. The van der Waals surface area contributed by atoms with Crippen LogP contribution >= 0.6 is 0 Å². The standard InChI is InChI=1S/C25H28F3N3O4/c1-30-22(32)24(29-23(30)33,15-18-4-3-5-21(14-18)34-2)19-10-12-31(13-11-19)16-17-6-8-20(9-7-17)35-25(26,27)28/h3-9,14,19H,10-13,15-16H2,1-2H3,(H,29,33)/t24-/m0/s1. The van der Waals surface area contributed by atoms with Crippen LogP contribution in [0.1, 0.15) is 24.0 Å². The van der Waals surface area contributed by atoms with Gasteiger partial charge in [-0.25, -0.2) is 4.79 Å². The maximum Gasteiger partial charge on any atom is 0.573 e. The quantitative estimate of drug-likeness (QED) is 0.594. The van der Waals surface area contributed by atoms with Crippen molar-refractivity contribution in [2.75, 3.05) is 27.2 Å². The number of alkyl halides is 3. The summed E-state index contributed by atoms with van der Waals surface area (Å²) in [6.07, 6.45) is -2.96. The molecule has 2 aromatic carbocycles. The lowest BCUT2D eigenvalue weighted by Gasteiger charge is -2.41. The molecule has 0 radical (unpaired) electrons. The van der Waals surface area contributed by atoms with Crippen LogP contribution in [0, 0.1) is 5.92 Å². The van der Waals surface area contributed by atoms with Gasteiger partial charge in [-0.1, -0.05) is 24.3 Å². The number of carbonyl (C=O) groups excluding carboxylic acids is 2. The van der Waals surface area contributed by atoms with E-state index in [-0.39, 0.29) is 17.6 Å². The molecule has 0 saturated carbocycles. The van der Waals surface area contributed by atoms with Crippen LogP contribution in [0.3, 0.4) is 0 Å². The fourth-order valence-electron chi connectivity index (χ4n) is 5.00. The summed E-state index contributed by atoms with van der Waals surface area (Å²) < 4.78 is 46.4. The second kappa shape index (κ2) is 9.77. The van der Waals surface area contributed by atoms with E-state index in [2.05, 4.69) is 15.0 Å². The SMILES string of the molecule is COc1cccc(C[C@@]2(C3CCN(Cc4ccc(OC(F)(F)F)cc4)CC3)NC(=O)N(C)C2=O)c1. The molecule has 2 aliphatic rings. The van der Waals surface area contributed by atoms with Crippen LogP contribution < -0.4 is 14.8 Å². The van der Waals surface area contributed by atoms with E-state index in [0.717, 1.165) is 16.0 Å². The molecule has 1 atom stereocenters. The first-order valence-electron chi connectivity index (χ1n) is 11.4. The van der Waals surface area contributed by atoms with Gasteiger partial charge in [0.25, 0.3) is 5.91 Å². The van der Waals surface area contributed by atoms with E-state index in [1.807, 2.05) is 24.3 Å². The van der Waals surface area contributed by atoms with Gasteiger partial charge in [0.15, 0.2) is 0 Å². The molecule has 0 aromatic heterocycles. The maximum absolute atomic E-state index is 13.3. The zero-order chi connectivity index (χ0) is 25.2. The molecule has 35 heavy (non-hydrogen) atoms. The fraction of sp³-hybridized carbons (Fsp3) is 0.440. The smallest absolute Gasteiger partial charge is 0.497 e. The number of nitrogens with one attached hydrogen (secondary N) is 1. The molecule has 2 aliphatic heterocycles. The van der Waals surface area contributed by atoms with Crippen molar-refractivity contribution in [3.05, 3.63) is 59.7 Å². The Morgan fingerprint density at radius 3 is 2.29 bits per heavy atom. The number of ether oxygens (including phenoxy) is 2. The Hall–Kier alpha value is -3.27. The van der Waals surface area contributed by atoms with Crippen molar-refractivity contribution >= 4 is 11.9 Å². The fourth-order valence-corrected chi connectivity index (χ4v) is 5.00. The van der Waals surface area contributed by atoms with Gasteiger partial charge in [0.05, 0.1) is 7.11 Å². The van der Waals surface area contributed by atoms with Crippen LogP contribution in [-0.2, 0) is 17.8 Å². The number of piperidine rings is 1. The highest BCUT2D eigenvalue weighted by atomic mass is 19.4. The third kappa shape index (κ3) is 5.53. The third-order valence-electron chi connectivity index (χ3n) is 6.79. The minimum absolute atomic E-state index is 0.0612. The summed E-state index contributed by atoms with van der Waals surface area (Å²) in [5.74, 6) is 0.140. The molecular weight excluding hydrogens is 463 g/mol. The number of halogens is 3. The Morgan fingerprint density at radius 1 is 1.03 bits per heavy atom. The van der Waals surface area contributed by atoms with Gasteiger partial charge in [0, 0.05) is 20.0 Å². The number of likely N-dealkylation sites (N-methyl/N-ethyl adjacent to an activating group) is 1. The molecule has 0 bridgehead atoms. The Bertz CT molecular complexity index is 1070. The molecule has 2 saturated heterocycles. The second-order valence-corrected chi connectivity index (χ2v) is 9.04. The summed E-state index contributed by atoms with van der Waals surface area (Å²) in [4.78, 5) is 29.1. The van der Waals surface area contributed by atoms with Gasteiger partial charge in [-0.3, -0.25) is 14.6 Å². The topological polar surface area (TPSA) is 71.1 Å². The molecule has 4 rings (SSSR count). The molecule has 0 spiro atoms. The molecule has 2 fully saturated rings. The molecule has 1 N–H and O–H groups in total. The van der Waals surface area contributed by atoms with Gasteiger partial charge in [0.1, 0.15) is 17.0 Å². The van der Waals surface area contributed by atoms with Crippen molar-refractivity contribution in [2.24, 2.45) is 5.92 Å². The number of carbonyl (C=O) groups is 2. The number of imide groups is 1. The maximum atomic E-state index is 13.3. The van der Waals surface area contributed by atoms with E-state index in [0.29, 0.717) is 44.6 Å². The molecule has 2 heterocycles. The van der Waals surface area contributed by atoms with E-state index in [4.69, 9.17) is 4.74 Å². The predicted octanol–water partition coefficient (Wildman–Crippen LogP) is 3.97. The lowest BCUT2D eigenvalue weighted by Crippen LogP contribution is -2.57. The van der Waals surface area contributed by atoms with E-state index in [1.165, 1.54) is 19.2 Å². The number of benzene rings is 2. The Labute approximate surface area is 201 Å². The first-order valence-corrected chi connectivity index (χ1v) is 11.4. The summed E-state index contributed by atoms with van der Waals surface area (Å²) in [5, 5.41) is 2.98. The number of rotatable bonds is 7. The molecular formula is C25H28F3N3O4. The van der Waals surface area contributed by atoms with Crippen LogP contribution in [-0.4, -0.2) is 60.9 Å². The van der Waals surface area contributed by atoms with Crippen LogP contribution in [0.5, 0.6) is 11.5 Å². The van der Waals surface area contributed by atoms with Gasteiger partial charge in [0.2, 0.25) is 0 Å². The average molecular weight is 492 g/mol. The number of urea groups is 1. The first-order chi connectivity index (χ1) is 16.6. The van der Waals surface area contributed by atoms with Gasteiger partial charge in [-0.15, -0.1) is 13.2 Å². The number of nitrogens with zero attached hydrogens (tertiary/aromatic N) is 2. The van der Waals surface area contributed by atoms with Gasteiger partial charge in [-0.2, -0.15) is 0 Å². The molecule has 188 valence electrons. The summed E-state index contributed by atoms with van der Waals surface area (Å²) in [6, 6.07) is 12.9. The summed E-state index contributed by atoms with van der Waals surface area (Å²) >= 11 is 0. The van der Waals surface area contributed by atoms with Gasteiger partial charge in [-0.05, 0) is 67.2 Å². The van der Waals surface area contributed by atoms with Crippen LogP contribution in [0.2, 0.25) is 0 Å². The largest absolute Gasteiger partial charge is 0.573 e. The van der Waals surface area contributed by atoms with Gasteiger partial charge < -0.3 is 14.8 Å². The van der Waals surface area contributed by atoms with E-state index in [1.54, 1.807) is 19.2 Å². The Kier molecular flexibility index (Phi) is 6.93. The molecule has 7 nitrogen and oxygen atoms in total. The van der Waals surface area contributed by atoms with E-state index < -0.39 is 17.9 Å². The monoisotopic (exact) mass is 491 g/mol. The number of amides is 3. The second-order valence-electron chi connectivity index (χ2n) is 9.04. The summed E-state index contributed by atoms with van der Waals surface area (Å²) in [6.45, 7) is 1.96. The Morgan fingerprint density at radius 2 is 1.71 bits per heavy atom. The van der Waals surface area contributed by atoms with E-state index in [9.17, 15) is 22.8 Å². The van der Waals surface area contributed by atoms with Crippen LogP contribution in [0.4, 0.5) is 18.0 Å². The average Bonchev–Trinajstić information content (AvgIpc) is 3.04. The number of likely N-dealkylation sites (tertiary alicyclic amines) is 1. The highest BCUT2D eigenvalue weighted by Crippen LogP contribution is 2.37. The summed E-state index contributed by atoms with van der Waals surface area (Å²) in [5.41, 5.74) is 0.742. The van der Waals surface area contributed by atoms with Crippen molar-refractivity contribution in [2.45, 2.75) is 37.7 Å². The molecule has 0 aliphatic carbocycles. The lowest BCUT2D eigenvalue weighted by molar-refractivity contribution is -0.274. The highest BCUT2D eigenvalue weighted by molar-refractivity contribution is 6.07. The minimum atomic E-state index is -4.72. The number of hydrogen-bond donors (Lipinski definition) is 1. The zero-order valence-electron chi connectivity index (χ0n) is 19.6. The van der Waals surface area contributed by atoms with Crippen molar-refractivity contribution in [1.82, 2.24) is 15.1 Å². The Balaban J connectivity index is 1.44. The number of methoxy groups -OCH3 is 1. The van der Waals surface area contributed by atoms with Crippen LogP contribution in [0.25, 0.3) is 0 Å². The normalized spacial score (nSPS) is 21.8. The molecule has 10 heteroatoms. The first kappa shape index (κ1) is 24.8. The minimum Gasteiger partial charge on any atom is -0.497 e. The highest BCUT2D eigenvalue weighted by Gasteiger charge is 2.54. The van der Waals surface area contributed by atoms with Crippen molar-refractivity contribution in [3.8, 4) is 11.5 Å². The van der Waals surface area contributed by atoms with Crippen molar-refractivity contribution in [3.63, 3.8) is 0 Å². The number of hydrogen-bond acceptors (Lipinski definition) is 5. The van der Waals surface area contributed by atoms with Crippen molar-refractivity contribution < 1.29 is 32.2 Å². The van der Waals surface area contributed by atoms with Gasteiger partial charge >= 0.3 is 12.4 Å². The van der Waals surface area contributed by atoms with Crippen LogP contribution in [0.15, 0.2) is 48.5 Å². The lowest BCUT2D eigenvalue weighted by atomic mass is 9.74. The zero-order valence-corrected chi connectivity index (χ0v) is 19.6. The molecule has 2 aromatic rings. The third-order valence-corrected chi connectivity index (χ3v) is 6.79. The van der Waals surface area contributed by atoms with Crippen molar-refractivity contribution in [1.29, 1.82) is 0 Å². The molecule has 0 unspecified atom stereocenters. The van der Waals surface area contributed by atoms with E-state index >= 15 is 0 Å². The predicted molar refractivity (Wildman–Crippen MR) is 122 cm³/mol.